The van der Waals surface area contributed by atoms with Gasteiger partial charge in [-0.3, -0.25) is 4.90 Å². The van der Waals surface area contributed by atoms with Crippen molar-refractivity contribution in [3.63, 3.8) is 0 Å². The highest BCUT2D eigenvalue weighted by molar-refractivity contribution is 7.99. The molecule has 2 aliphatic rings. The molecule has 8 heteroatoms. The van der Waals surface area contributed by atoms with Crippen molar-refractivity contribution in [2.45, 2.75) is 37.6 Å². The Labute approximate surface area is 136 Å². The molecule has 0 aromatic carbocycles. The first kappa shape index (κ1) is 16.3. The Morgan fingerprint density at radius 3 is 2.68 bits per heavy atom. The Hall–Kier alpha value is -0.570. The third kappa shape index (κ3) is 3.06. The number of hydrogen-bond donors (Lipinski definition) is 0. The summed E-state index contributed by atoms with van der Waals surface area (Å²) in [5, 5.41) is 3.78. The van der Waals surface area contributed by atoms with E-state index in [4.69, 9.17) is 4.52 Å². The second-order valence-electron chi connectivity index (χ2n) is 5.96. The van der Waals surface area contributed by atoms with Crippen molar-refractivity contribution in [2.24, 2.45) is 0 Å². The van der Waals surface area contributed by atoms with Crippen molar-refractivity contribution in [1.29, 1.82) is 0 Å². The van der Waals surface area contributed by atoms with Crippen molar-refractivity contribution < 1.29 is 12.9 Å². The molecule has 0 bridgehead atoms. The third-order valence-corrected chi connectivity index (χ3v) is 7.77. The molecule has 2 fully saturated rings. The molecule has 0 aliphatic carbocycles. The lowest BCUT2D eigenvalue weighted by Gasteiger charge is -2.26. The summed E-state index contributed by atoms with van der Waals surface area (Å²) in [6.45, 7) is 6.26. The van der Waals surface area contributed by atoms with Crippen LogP contribution in [0.25, 0.3) is 0 Å². The minimum Gasteiger partial charge on any atom is -0.360 e. The number of thioether (sulfide) groups is 1. The molecule has 1 atom stereocenters. The van der Waals surface area contributed by atoms with Crippen LogP contribution in [0.5, 0.6) is 0 Å². The zero-order chi connectivity index (χ0) is 15.7. The predicted molar refractivity (Wildman–Crippen MR) is 86.7 cm³/mol. The van der Waals surface area contributed by atoms with Crippen LogP contribution in [-0.2, 0) is 10.0 Å². The molecule has 0 spiro atoms. The van der Waals surface area contributed by atoms with E-state index in [2.05, 4.69) is 10.1 Å². The number of aryl methyl sites for hydroxylation is 2. The molecule has 6 nitrogen and oxygen atoms in total. The second-order valence-corrected chi connectivity index (χ2v) is 8.99. The highest BCUT2D eigenvalue weighted by atomic mass is 32.2. The summed E-state index contributed by atoms with van der Waals surface area (Å²) in [4.78, 5) is 2.71. The van der Waals surface area contributed by atoms with Gasteiger partial charge in [-0.2, -0.15) is 16.1 Å². The summed E-state index contributed by atoms with van der Waals surface area (Å²) in [7, 11) is -3.51. The van der Waals surface area contributed by atoms with Gasteiger partial charge in [0.15, 0.2) is 5.76 Å². The molecule has 1 unspecified atom stereocenters. The Morgan fingerprint density at radius 2 is 2.05 bits per heavy atom. The molecule has 1 aromatic heterocycles. The van der Waals surface area contributed by atoms with Gasteiger partial charge in [0, 0.05) is 31.4 Å². The van der Waals surface area contributed by atoms with E-state index < -0.39 is 10.0 Å². The van der Waals surface area contributed by atoms with Crippen molar-refractivity contribution in [2.75, 3.05) is 37.7 Å². The van der Waals surface area contributed by atoms with E-state index in [1.165, 1.54) is 17.9 Å². The maximum atomic E-state index is 12.9. The smallest absolute Gasteiger partial charge is 0.248 e. The van der Waals surface area contributed by atoms with E-state index >= 15 is 0 Å². The van der Waals surface area contributed by atoms with Crippen LogP contribution in [0.15, 0.2) is 9.42 Å². The maximum Gasteiger partial charge on any atom is 0.248 e. The normalized spacial score (nSPS) is 25.5. The number of nitrogens with zero attached hydrogens (tertiary/aromatic N) is 3. The molecule has 0 saturated carbocycles. The van der Waals surface area contributed by atoms with Crippen LogP contribution in [0.4, 0.5) is 0 Å². The molecular weight excluding hydrogens is 322 g/mol. The lowest BCUT2D eigenvalue weighted by atomic mass is 10.2. The van der Waals surface area contributed by atoms with Crippen molar-refractivity contribution >= 4 is 21.8 Å². The molecule has 3 heterocycles. The van der Waals surface area contributed by atoms with Gasteiger partial charge in [0.2, 0.25) is 10.0 Å². The van der Waals surface area contributed by atoms with Crippen LogP contribution in [0, 0.1) is 13.8 Å². The maximum absolute atomic E-state index is 12.9. The van der Waals surface area contributed by atoms with Gasteiger partial charge in [-0.15, -0.1) is 0 Å². The molecule has 124 valence electrons. The lowest BCUT2D eigenvalue weighted by Crippen LogP contribution is -2.39. The number of aromatic nitrogens is 1. The zero-order valence-electron chi connectivity index (χ0n) is 13.1. The largest absolute Gasteiger partial charge is 0.360 e. The first-order chi connectivity index (χ1) is 10.5. The molecule has 1 aromatic rings. The standard InChI is InChI=1S/C14H23N3O3S2/c1-11-14(12(2)20-15-11)22(18,19)17-6-3-5-16(7-8-17)13-4-9-21-10-13/h13H,3-10H2,1-2H3. The molecular formula is C14H23N3O3S2. The minimum absolute atomic E-state index is 0.248. The first-order valence-electron chi connectivity index (χ1n) is 7.75. The van der Waals surface area contributed by atoms with E-state index in [9.17, 15) is 8.42 Å². The molecule has 3 rings (SSSR count). The van der Waals surface area contributed by atoms with E-state index in [0.29, 0.717) is 30.6 Å². The average molecular weight is 345 g/mol. The van der Waals surface area contributed by atoms with Crippen molar-refractivity contribution in [3.8, 4) is 0 Å². The van der Waals surface area contributed by atoms with Gasteiger partial charge >= 0.3 is 0 Å². The van der Waals surface area contributed by atoms with Crippen LogP contribution < -0.4 is 0 Å². The first-order valence-corrected chi connectivity index (χ1v) is 10.3. The van der Waals surface area contributed by atoms with Crippen LogP contribution in [0.3, 0.4) is 0 Å². The molecule has 22 heavy (non-hydrogen) atoms. The van der Waals surface area contributed by atoms with E-state index in [0.717, 1.165) is 19.5 Å². The van der Waals surface area contributed by atoms with E-state index in [1.54, 1.807) is 18.2 Å². The molecule has 0 N–H and O–H groups in total. The highest BCUT2D eigenvalue weighted by Crippen LogP contribution is 2.26. The van der Waals surface area contributed by atoms with Gasteiger partial charge in [-0.25, -0.2) is 8.42 Å². The Bertz CT molecular complexity index is 604. The summed E-state index contributed by atoms with van der Waals surface area (Å²) >= 11 is 2.00. The van der Waals surface area contributed by atoms with Gasteiger partial charge in [-0.05, 0) is 39.0 Å². The summed E-state index contributed by atoms with van der Waals surface area (Å²) in [5.74, 6) is 2.78. The molecule has 0 amide bonds. The van der Waals surface area contributed by atoms with Crippen molar-refractivity contribution in [1.82, 2.24) is 14.4 Å². The molecule has 0 radical (unpaired) electrons. The van der Waals surface area contributed by atoms with Crippen LogP contribution >= 0.6 is 11.8 Å². The van der Waals surface area contributed by atoms with Gasteiger partial charge in [0.25, 0.3) is 0 Å². The fourth-order valence-corrected chi connectivity index (χ4v) is 6.32. The second kappa shape index (κ2) is 6.51. The topological polar surface area (TPSA) is 66.7 Å². The van der Waals surface area contributed by atoms with Crippen LogP contribution in [0.2, 0.25) is 0 Å². The summed E-state index contributed by atoms with van der Waals surface area (Å²) in [5.41, 5.74) is 0.450. The monoisotopic (exact) mass is 345 g/mol. The highest BCUT2D eigenvalue weighted by Gasteiger charge is 2.33. The lowest BCUT2D eigenvalue weighted by molar-refractivity contribution is 0.223. The molecule has 2 aliphatic heterocycles. The predicted octanol–water partition coefficient (Wildman–Crippen LogP) is 1.49. The van der Waals surface area contributed by atoms with Gasteiger partial charge in [0.05, 0.1) is 0 Å². The Balaban J connectivity index is 1.75. The number of sulfonamides is 1. The zero-order valence-corrected chi connectivity index (χ0v) is 14.8. The fourth-order valence-electron chi connectivity index (χ4n) is 3.30. The average Bonchev–Trinajstić information content (AvgIpc) is 3.03. The fraction of sp³-hybridized carbons (Fsp3) is 0.786. The van der Waals surface area contributed by atoms with Gasteiger partial charge in [-0.1, -0.05) is 5.16 Å². The summed E-state index contributed by atoms with van der Waals surface area (Å²) < 4.78 is 32.4. The van der Waals surface area contributed by atoms with Crippen LogP contribution in [0.1, 0.15) is 24.3 Å². The minimum atomic E-state index is -3.51. The molecule has 2 saturated heterocycles. The third-order valence-electron chi connectivity index (χ3n) is 4.48. The number of hydrogen-bond acceptors (Lipinski definition) is 6. The van der Waals surface area contributed by atoms with Gasteiger partial charge in [0.1, 0.15) is 10.6 Å². The van der Waals surface area contributed by atoms with Crippen LogP contribution in [-0.4, -0.2) is 66.5 Å². The van der Waals surface area contributed by atoms with Crippen molar-refractivity contribution in [3.05, 3.63) is 11.5 Å². The summed E-state index contributed by atoms with van der Waals surface area (Å²) in [6.07, 6.45) is 2.10. The quantitative estimate of drug-likeness (QED) is 0.827. The Kier molecular flexibility index (Phi) is 4.82. The van der Waals surface area contributed by atoms with E-state index in [-0.39, 0.29) is 4.90 Å². The number of rotatable bonds is 3. The van der Waals surface area contributed by atoms with Gasteiger partial charge < -0.3 is 4.52 Å². The SMILES string of the molecule is Cc1noc(C)c1S(=O)(=O)N1CCCN(C2CCSC2)CC1. The Morgan fingerprint density at radius 1 is 1.23 bits per heavy atom. The van der Waals surface area contributed by atoms with E-state index in [1.807, 2.05) is 11.8 Å². The summed E-state index contributed by atoms with van der Waals surface area (Å²) in [6, 6.07) is 0.617.